The van der Waals surface area contributed by atoms with Crippen molar-refractivity contribution in [2.75, 3.05) is 38.2 Å². The Morgan fingerprint density at radius 1 is 1.38 bits per heavy atom. The summed E-state index contributed by atoms with van der Waals surface area (Å²) in [4.78, 5) is 33.3. The number of anilines is 2. The molecule has 2 aromatic heterocycles. The van der Waals surface area contributed by atoms with Crippen LogP contribution in [0.4, 0.5) is 16.2 Å². The molecule has 2 aliphatic heterocycles. The van der Waals surface area contributed by atoms with E-state index in [-0.39, 0.29) is 19.1 Å². The van der Waals surface area contributed by atoms with Gasteiger partial charge in [0.1, 0.15) is 18.5 Å². The van der Waals surface area contributed by atoms with E-state index in [1.54, 1.807) is 12.4 Å². The van der Waals surface area contributed by atoms with Crippen molar-refractivity contribution < 1.29 is 24.2 Å². The number of hydrogen-bond acceptors (Lipinski definition) is 6. The van der Waals surface area contributed by atoms with E-state index in [1.807, 2.05) is 31.2 Å². The number of aromatic amines is 1. The fraction of sp³-hybridized carbons (Fsp3) is 0.346. The number of amides is 2. The van der Waals surface area contributed by atoms with Gasteiger partial charge in [-0.15, -0.1) is 0 Å². The Labute approximate surface area is 218 Å². The number of rotatable bonds is 7. The summed E-state index contributed by atoms with van der Waals surface area (Å²) in [7, 11) is 0. The molecule has 4 N–H and O–H groups in total. The third-order valence-corrected chi connectivity index (χ3v) is 6.94. The van der Waals surface area contributed by atoms with Crippen LogP contribution in [0.15, 0.2) is 36.7 Å². The summed E-state index contributed by atoms with van der Waals surface area (Å²) in [6, 6.07) is 7.47. The lowest BCUT2D eigenvalue weighted by molar-refractivity contribution is -0.0411. The number of benzene rings is 1. The number of morpholine rings is 1. The van der Waals surface area contributed by atoms with E-state index >= 15 is 0 Å². The molecule has 0 aliphatic carbocycles. The molecular weight excluding hydrogens is 498 g/mol. The zero-order valence-corrected chi connectivity index (χ0v) is 21.1. The normalized spacial score (nSPS) is 17.2. The second kappa shape index (κ2) is 10.7. The Morgan fingerprint density at radius 2 is 2.24 bits per heavy atom. The number of hydrogen-bond donors (Lipinski definition) is 4. The van der Waals surface area contributed by atoms with Crippen LogP contribution >= 0.6 is 11.6 Å². The van der Waals surface area contributed by atoms with E-state index in [4.69, 9.17) is 21.1 Å². The highest BCUT2D eigenvalue weighted by Crippen LogP contribution is 2.41. The molecule has 194 valence electrons. The number of nitrogens with zero attached hydrogens (tertiary/aromatic N) is 2. The van der Waals surface area contributed by atoms with Crippen molar-refractivity contribution in [2.45, 2.75) is 25.9 Å². The van der Waals surface area contributed by atoms with Gasteiger partial charge in [0.2, 0.25) is 0 Å². The van der Waals surface area contributed by atoms with Crippen molar-refractivity contribution in [3.8, 4) is 17.0 Å². The topological polar surface area (TPSA) is 129 Å². The Bertz CT molecular complexity index is 1330. The maximum atomic E-state index is 13.0. The van der Waals surface area contributed by atoms with Crippen LogP contribution in [-0.2, 0) is 17.6 Å². The van der Waals surface area contributed by atoms with Crippen molar-refractivity contribution >= 4 is 35.0 Å². The third-order valence-electron chi connectivity index (χ3n) is 6.59. The maximum Gasteiger partial charge on any atom is 0.407 e. The van der Waals surface area contributed by atoms with Gasteiger partial charge in [0.25, 0.3) is 5.91 Å². The van der Waals surface area contributed by atoms with Gasteiger partial charge in [-0.2, -0.15) is 0 Å². The van der Waals surface area contributed by atoms with Gasteiger partial charge in [-0.25, -0.2) is 4.79 Å². The Kier molecular flexibility index (Phi) is 7.20. The molecule has 0 bridgehead atoms. The van der Waals surface area contributed by atoms with Crippen LogP contribution in [0.5, 0.6) is 5.75 Å². The molecule has 0 radical (unpaired) electrons. The summed E-state index contributed by atoms with van der Waals surface area (Å²) in [5.41, 5.74) is 5.19. The highest BCUT2D eigenvalue weighted by Gasteiger charge is 2.29. The molecular formula is C26H28ClN5O5. The summed E-state index contributed by atoms with van der Waals surface area (Å²) >= 11 is 6.46. The number of aromatic nitrogens is 2. The largest absolute Gasteiger partial charge is 0.488 e. The first-order chi connectivity index (χ1) is 18.0. The smallest absolute Gasteiger partial charge is 0.407 e. The third kappa shape index (κ3) is 5.07. The predicted octanol–water partition coefficient (Wildman–Crippen LogP) is 4.08. The predicted molar refractivity (Wildman–Crippen MR) is 139 cm³/mol. The number of pyridine rings is 1. The van der Waals surface area contributed by atoms with Crippen LogP contribution in [0.25, 0.3) is 11.3 Å². The summed E-state index contributed by atoms with van der Waals surface area (Å²) in [5.74, 6) is 0.328. The number of carbonyl (C=O) groups is 2. The lowest BCUT2D eigenvalue weighted by Crippen LogP contribution is -2.47. The van der Waals surface area contributed by atoms with Gasteiger partial charge in [0.15, 0.2) is 0 Å². The molecule has 1 saturated heterocycles. The van der Waals surface area contributed by atoms with Gasteiger partial charge >= 0.3 is 6.09 Å². The van der Waals surface area contributed by atoms with Crippen LogP contribution in [0.2, 0.25) is 5.02 Å². The van der Waals surface area contributed by atoms with Gasteiger partial charge in [0, 0.05) is 47.7 Å². The second-order valence-corrected chi connectivity index (χ2v) is 9.29. The van der Waals surface area contributed by atoms with E-state index in [0.29, 0.717) is 65.8 Å². The lowest BCUT2D eigenvalue weighted by atomic mass is 10.0. The zero-order chi connectivity index (χ0) is 25.9. The van der Waals surface area contributed by atoms with E-state index in [9.17, 15) is 14.7 Å². The van der Waals surface area contributed by atoms with E-state index in [1.165, 1.54) is 4.90 Å². The average Bonchev–Trinajstić information content (AvgIpc) is 3.27. The molecule has 1 fully saturated rings. The SMILES string of the molecule is CCc1c(Cl)cccc1Nc1c(-c2ccncc2OC[C@H]2CN(C(=O)O)CCO2)[nH]c2c1C(=O)NCC2. The van der Waals surface area contributed by atoms with E-state index in [0.717, 1.165) is 16.9 Å². The zero-order valence-electron chi connectivity index (χ0n) is 20.3. The monoisotopic (exact) mass is 525 g/mol. The van der Waals surface area contributed by atoms with Crippen molar-refractivity contribution in [1.29, 1.82) is 0 Å². The first kappa shape index (κ1) is 24.9. The number of carbonyl (C=O) groups excluding carboxylic acids is 1. The fourth-order valence-corrected chi connectivity index (χ4v) is 5.06. The highest BCUT2D eigenvalue weighted by atomic mass is 35.5. The van der Waals surface area contributed by atoms with E-state index in [2.05, 4.69) is 20.6 Å². The maximum absolute atomic E-state index is 13.0. The van der Waals surface area contributed by atoms with E-state index < -0.39 is 12.2 Å². The number of nitrogens with one attached hydrogen (secondary N) is 3. The highest BCUT2D eigenvalue weighted by molar-refractivity contribution is 6.31. The minimum Gasteiger partial charge on any atom is -0.488 e. The average molecular weight is 526 g/mol. The Balaban J connectivity index is 1.50. The fourth-order valence-electron chi connectivity index (χ4n) is 4.75. The lowest BCUT2D eigenvalue weighted by Gasteiger charge is -2.30. The molecule has 11 heteroatoms. The van der Waals surface area contributed by atoms with Crippen molar-refractivity contribution in [3.63, 3.8) is 0 Å². The first-order valence-corrected chi connectivity index (χ1v) is 12.6. The molecule has 4 heterocycles. The molecule has 1 aromatic carbocycles. The molecule has 0 unspecified atom stereocenters. The summed E-state index contributed by atoms with van der Waals surface area (Å²) in [6.07, 6.45) is 3.26. The van der Waals surface area contributed by atoms with Gasteiger partial charge in [-0.3, -0.25) is 9.78 Å². The molecule has 3 aromatic rings. The van der Waals surface area contributed by atoms with Gasteiger partial charge < -0.3 is 35.1 Å². The van der Waals surface area contributed by atoms with Crippen LogP contribution in [0.1, 0.15) is 28.5 Å². The standard InChI is InChI=1S/C26H28ClN5O5/c1-2-16-18(27)4-3-5-19(16)30-24-22-20(7-9-29-25(22)33)31-23(24)17-6-8-28-12-21(17)37-14-15-13-32(26(34)35)10-11-36-15/h3-6,8,12,15,30-31H,2,7,9-11,13-14H2,1H3,(H,29,33)(H,34,35)/t15-/m1/s1. The molecule has 1 atom stereocenters. The molecule has 2 amide bonds. The van der Waals surface area contributed by atoms with Crippen molar-refractivity contribution in [2.24, 2.45) is 0 Å². The van der Waals surface area contributed by atoms with Crippen molar-refractivity contribution in [3.05, 3.63) is 58.5 Å². The number of ether oxygens (including phenoxy) is 2. The quantitative estimate of drug-likeness (QED) is 0.366. The number of fused-ring (bicyclic) bond motifs is 1. The van der Waals surface area contributed by atoms with Gasteiger partial charge in [-0.1, -0.05) is 24.6 Å². The summed E-state index contributed by atoms with van der Waals surface area (Å²) in [6.45, 7) is 3.59. The molecule has 0 spiro atoms. The molecule has 5 rings (SSSR count). The number of halogens is 1. The molecule has 37 heavy (non-hydrogen) atoms. The molecule has 2 aliphatic rings. The van der Waals surface area contributed by atoms with Crippen LogP contribution < -0.4 is 15.4 Å². The first-order valence-electron chi connectivity index (χ1n) is 12.2. The Hall–Kier alpha value is -3.76. The number of H-pyrrole nitrogens is 1. The minimum absolute atomic E-state index is 0.153. The second-order valence-electron chi connectivity index (χ2n) is 8.88. The summed E-state index contributed by atoms with van der Waals surface area (Å²) in [5, 5.41) is 16.4. The van der Waals surface area contributed by atoms with Crippen LogP contribution in [0, 0.1) is 0 Å². The summed E-state index contributed by atoms with van der Waals surface area (Å²) < 4.78 is 11.8. The minimum atomic E-state index is -0.978. The van der Waals surface area contributed by atoms with Crippen molar-refractivity contribution in [1.82, 2.24) is 20.2 Å². The molecule has 0 saturated carbocycles. The van der Waals surface area contributed by atoms with Crippen LogP contribution in [-0.4, -0.2) is 70.9 Å². The van der Waals surface area contributed by atoms with Gasteiger partial charge in [-0.05, 0) is 30.2 Å². The Morgan fingerprint density at radius 3 is 3.05 bits per heavy atom. The van der Waals surface area contributed by atoms with Gasteiger partial charge in [0.05, 0.1) is 36.3 Å². The number of carboxylic acid groups (broad SMARTS) is 1. The molecule has 10 nitrogen and oxygen atoms in total. The van der Waals surface area contributed by atoms with Crippen LogP contribution in [0.3, 0.4) is 0 Å².